The molecular formula is C18H24N2O5. The minimum Gasteiger partial charge on any atom is -0.497 e. The normalized spacial score (nSPS) is 17.2. The first-order valence-electron chi connectivity index (χ1n) is 8.17. The van der Waals surface area contributed by atoms with E-state index in [0.29, 0.717) is 25.9 Å². The smallest absolute Gasteiger partial charge is 0.325 e. The Balaban J connectivity index is 2.01. The Labute approximate surface area is 147 Å². The van der Waals surface area contributed by atoms with Crippen LogP contribution in [-0.2, 0) is 25.7 Å². The first-order valence-corrected chi connectivity index (χ1v) is 8.17. The number of methoxy groups -OCH3 is 2. The number of nitrogens with zero attached hydrogens (tertiary/aromatic N) is 2. The first-order chi connectivity index (χ1) is 11.9. The third kappa shape index (κ3) is 4.95. The Hall–Kier alpha value is -2.57. The summed E-state index contributed by atoms with van der Waals surface area (Å²) in [7, 11) is 4.45. The lowest BCUT2D eigenvalue weighted by molar-refractivity contribution is -0.150. The molecule has 0 unspecified atom stereocenters. The van der Waals surface area contributed by atoms with Gasteiger partial charge in [-0.3, -0.25) is 14.4 Å². The molecule has 1 aromatic carbocycles. The zero-order valence-corrected chi connectivity index (χ0v) is 14.9. The van der Waals surface area contributed by atoms with Crippen LogP contribution in [0.3, 0.4) is 0 Å². The van der Waals surface area contributed by atoms with Crippen LogP contribution in [0.25, 0.3) is 0 Å². The van der Waals surface area contributed by atoms with Crippen molar-refractivity contribution < 1.29 is 23.9 Å². The second-order valence-corrected chi connectivity index (χ2v) is 6.13. The number of esters is 1. The van der Waals surface area contributed by atoms with Crippen molar-refractivity contribution in [1.82, 2.24) is 9.80 Å². The summed E-state index contributed by atoms with van der Waals surface area (Å²) < 4.78 is 9.79. The molecule has 0 saturated carbocycles. The molecule has 1 atom stereocenters. The van der Waals surface area contributed by atoms with Gasteiger partial charge < -0.3 is 19.3 Å². The Bertz CT molecular complexity index is 646. The number of benzene rings is 1. The number of carbonyl (C=O) groups is 3. The van der Waals surface area contributed by atoms with E-state index in [4.69, 9.17) is 4.74 Å². The first kappa shape index (κ1) is 18.8. The van der Waals surface area contributed by atoms with Crippen LogP contribution in [0.5, 0.6) is 5.75 Å². The predicted octanol–water partition coefficient (Wildman–Crippen LogP) is 1.07. The Morgan fingerprint density at radius 3 is 2.76 bits per heavy atom. The summed E-state index contributed by atoms with van der Waals surface area (Å²) in [5.74, 6) is -0.155. The van der Waals surface area contributed by atoms with Gasteiger partial charge >= 0.3 is 5.97 Å². The summed E-state index contributed by atoms with van der Waals surface area (Å²) >= 11 is 0. The fourth-order valence-electron chi connectivity index (χ4n) is 2.91. The zero-order valence-electron chi connectivity index (χ0n) is 14.9. The second kappa shape index (κ2) is 8.50. The van der Waals surface area contributed by atoms with Crippen LogP contribution in [-0.4, -0.2) is 61.9 Å². The average Bonchev–Trinajstić information content (AvgIpc) is 2.62. The van der Waals surface area contributed by atoms with E-state index in [2.05, 4.69) is 4.74 Å². The largest absolute Gasteiger partial charge is 0.497 e. The van der Waals surface area contributed by atoms with E-state index in [-0.39, 0.29) is 24.3 Å². The molecule has 7 nitrogen and oxygen atoms in total. The lowest BCUT2D eigenvalue weighted by atomic mass is 9.95. The molecule has 1 aromatic rings. The molecule has 7 heteroatoms. The van der Waals surface area contributed by atoms with E-state index >= 15 is 0 Å². The highest BCUT2D eigenvalue weighted by Crippen LogP contribution is 2.22. The van der Waals surface area contributed by atoms with Crippen molar-refractivity contribution in [2.45, 2.75) is 19.4 Å². The van der Waals surface area contributed by atoms with Crippen molar-refractivity contribution in [3.8, 4) is 5.75 Å². The fraction of sp³-hybridized carbons (Fsp3) is 0.500. The topological polar surface area (TPSA) is 76.2 Å². The SMILES string of the molecule is COC(=O)CN(C)C(=O)[C@@H]1CCC(=O)N(Cc2cccc(OC)c2)C1. The Kier molecular flexibility index (Phi) is 6.38. The van der Waals surface area contributed by atoms with E-state index in [1.54, 1.807) is 19.1 Å². The Morgan fingerprint density at radius 2 is 2.08 bits per heavy atom. The molecule has 25 heavy (non-hydrogen) atoms. The predicted molar refractivity (Wildman–Crippen MR) is 90.8 cm³/mol. The lowest BCUT2D eigenvalue weighted by Crippen LogP contribution is -2.46. The van der Waals surface area contributed by atoms with Crippen molar-refractivity contribution >= 4 is 17.8 Å². The lowest BCUT2D eigenvalue weighted by Gasteiger charge is -2.33. The van der Waals surface area contributed by atoms with Gasteiger partial charge in [-0.2, -0.15) is 0 Å². The number of piperidine rings is 1. The molecular weight excluding hydrogens is 324 g/mol. The van der Waals surface area contributed by atoms with Crippen LogP contribution in [0.2, 0.25) is 0 Å². The quantitative estimate of drug-likeness (QED) is 0.719. The maximum Gasteiger partial charge on any atom is 0.325 e. The van der Waals surface area contributed by atoms with Gasteiger partial charge in [0, 0.05) is 26.6 Å². The summed E-state index contributed by atoms with van der Waals surface area (Å²) in [5.41, 5.74) is 0.948. The molecule has 0 bridgehead atoms. The maximum atomic E-state index is 12.5. The molecule has 1 aliphatic heterocycles. The van der Waals surface area contributed by atoms with Gasteiger partial charge in [-0.1, -0.05) is 12.1 Å². The van der Waals surface area contributed by atoms with E-state index in [0.717, 1.165) is 11.3 Å². The van der Waals surface area contributed by atoms with Gasteiger partial charge in [0.05, 0.1) is 20.1 Å². The van der Waals surface area contributed by atoms with Crippen LogP contribution in [0.15, 0.2) is 24.3 Å². The molecule has 136 valence electrons. The highest BCUT2D eigenvalue weighted by atomic mass is 16.5. The van der Waals surface area contributed by atoms with Gasteiger partial charge in [-0.05, 0) is 24.1 Å². The van der Waals surface area contributed by atoms with Gasteiger partial charge in [0.25, 0.3) is 0 Å². The number of hydrogen-bond donors (Lipinski definition) is 0. The average molecular weight is 348 g/mol. The zero-order chi connectivity index (χ0) is 18.4. The number of hydrogen-bond acceptors (Lipinski definition) is 5. The highest BCUT2D eigenvalue weighted by molar-refractivity contribution is 5.86. The molecule has 0 radical (unpaired) electrons. The number of amides is 2. The van der Waals surface area contributed by atoms with Gasteiger partial charge in [0.1, 0.15) is 12.3 Å². The monoisotopic (exact) mass is 348 g/mol. The van der Waals surface area contributed by atoms with Crippen LogP contribution in [0.4, 0.5) is 0 Å². The molecule has 0 aliphatic carbocycles. The second-order valence-electron chi connectivity index (χ2n) is 6.13. The number of rotatable bonds is 6. The Morgan fingerprint density at radius 1 is 1.32 bits per heavy atom. The molecule has 0 N–H and O–H groups in total. The molecule has 1 heterocycles. The fourth-order valence-corrected chi connectivity index (χ4v) is 2.91. The van der Waals surface area contributed by atoms with E-state index in [9.17, 15) is 14.4 Å². The van der Waals surface area contributed by atoms with Crippen LogP contribution in [0, 0.1) is 5.92 Å². The minimum absolute atomic E-state index is 0.0301. The van der Waals surface area contributed by atoms with E-state index in [1.807, 2.05) is 24.3 Å². The molecule has 0 aromatic heterocycles. The van der Waals surface area contributed by atoms with Gasteiger partial charge in [0.15, 0.2) is 0 Å². The minimum atomic E-state index is -0.462. The van der Waals surface area contributed by atoms with E-state index in [1.165, 1.54) is 12.0 Å². The molecule has 2 amide bonds. The molecule has 2 rings (SSSR count). The van der Waals surface area contributed by atoms with E-state index < -0.39 is 5.97 Å². The van der Waals surface area contributed by atoms with Crippen molar-refractivity contribution in [3.63, 3.8) is 0 Å². The molecule has 1 aliphatic rings. The number of likely N-dealkylation sites (tertiary alicyclic amines) is 1. The summed E-state index contributed by atoms with van der Waals surface area (Å²) in [6, 6.07) is 7.51. The van der Waals surface area contributed by atoms with Crippen molar-refractivity contribution in [1.29, 1.82) is 0 Å². The summed E-state index contributed by atoms with van der Waals surface area (Å²) in [4.78, 5) is 39.1. The van der Waals surface area contributed by atoms with Gasteiger partial charge in [-0.25, -0.2) is 0 Å². The highest BCUT2D eigenvalue weighted by Gasteiger charge is 2.32. The summed E-state index contributed by atoms with van der Waals surface area (Å²) in [5, 5.41) is 0. The van der Waals surface area contributed by atoms with Crippen molar-refractivity contribution in [2.24, 2.45) is 5.92 Å². The molecule has 1 saturated heterocycles. The number of ether oxygens (including phenoxy) is 2. The number of carbonyl (C=O) groups excluding carboxylic acids is 3. The standard InChI is InChI=1S/C18H24N2O5/c1-19(12-17(22)25-3)18(23)14-7-8-16(21)20(11-14)10-13-5-4-6-15(9-13)24-2/h4-6,9,14H,7-8,10-12H2,1-3H3/t14-/m1/s1. The van der Waals surface area contributed by atoms with Gasteiger partial charge in [-0.15, -0.1) is 0 Å². The summed E-state index contributed by atoms with van der Waals surface area (Å²) in [6.45, 7) is 0.691. The molecule has 1 fully saturated rings. The van der Waals surface area contributed by atoms with Crippen LogP contribution in [0.1, 0.15) is 18.4 Å². The van der Waals surface area contributed by atoms with Crippen molar-refractivity contribution in [3.05, 3.63) is 29.8 Å². The third-order valence-electron chi connectivity index (χ3n) is 4.33. The van der Waals surface area contributed by atoms with Crippen molar-refractivity contribution in [2.75, 3.05) is 34.4 Å². The number of likely N-dealkylation sites (N-methyl/N-ethyl adjacent to an activating group) is 1. The third-order valence-corrected chi connectivity index (χ3v) is 4.33. The maximum absolute atomic E-state index is 12.5. The van der Waals surface area contributed by atoms with Crippen LogP contribution < -0.4 is 4.74 Å². The summed E-state index contributed by atoms with van der Waals surface area (Å²) in [6.07, 6.45) is 0.824. The molecule has 0 spiro atoms. The van der Waals surface area contributed by atoms with Gasteiger partial charge in [0.2, 0.25) is 11.8 Å². The van der Waals surface area contributed by atoms with Crippen LogP contribution >= 0.6 is 0 Å².